The topological polar surface area (TPSA) is 26.3 Å². The van der Waals surface area contributed by atoms with E-state index in [9.17, 15) is 4.79 Å². The first kappa shape index (κ1) is 8.65. The Balaban J connectivity index is 2.44. The summed E-state index contributed by atoms with van der Waals surface area (Å²) in [6.07, 6.45) is 5.83. The highest BCUT2D eigenvalue weighted by molar-refractivity contribution is 7.99. The minimum atomic E-state index is 0.122. The van der Waals surface area contributed by atoms with Crippen molar-refractivity contribution in [3.8, 4) is 0 Å². The minimum Gasteiger partial charge on any atom is -0.490 e. The summed E-state index contributed by atoms with van der Waals surface area (Å²) in [5.41, 5.74) is 0. The van der Waals surface area contributed by atoms with E-state index in [4.69, 9.17) is 4.74 Å². The number of hydrogen-bond donors (Lipinski definition) is 0. The number of carbonyl (C=O) groups is 1. The predicted octanol–water partition coefficient (Wildman–Crippen LogP) is 1.61. The Hall–Kier alpha value is -0.440. The van der Waals surface area contributed by atoms with Gasteiger partial charge in [-0.25, -0.2) is 0 Å². The van der Waals surface area contributed by atoms with E-state index in [1.807, 2.05) is 12.3 Å². The molecule has 2 nitrogen and oxygen atoms in total. The Morgan fingerprint density at radius 2 is 2.64 bits per heavy atom. The summed E-state index contributed by atoms with van der Waals surface area (Å²) in [7, 11) is 0. The second kappa shape index (κ2) is 4.44. The highest BCUT2D eigenvalue weighted by atomic mass is 32.2. The number of carbonyl (C=O) groups excluding carboxylic acids is 1. The third-order valence-electron chi connectivity index (χ3n) is 1.49. The van der Waals surface area contributed by atoms with Gasteiger partial charge in [0, 0.05) is 0 Å². The van der Waals surface area contributed by atoms with Gasteiger partial charge >= 0.3 is 0 Å². The van der Waals surface area contributed by atoms with E-state index in [0.29, 0.717) is 18.1 Å². The van der Waals surface area contributed by atoms with Crippen LogP contribution in [0.2, 0.25) is 0 Å². The second-order valence-electron chi connectivity index (χ2n) is 2.42. The Labute approximate surface area is 71.0 Å². The van der Waals surface area contributed by atoms with Gasteiger partial charge in [-0.15, -0.1) is 0 Å². The summed E-state index contributed by atoms with van der Waals surface area (Å²) >= 11 is 1.53. The zero-order chi connectivity index (χ0) is 8.10. The van der Waals surface area contributed by atoms with E-state index in [1.54, 1.807) is 0 Å². The maximum Gasteiger partial charge on any atom is 0.206 e. The van der Waals surface area contributed by atoms with Crippen LogP contribution < -0.4 is 0 Å². The van der Waals surface area contributed by atoms with Crippen LogP contribution in [0.1, 0.15) is 12.8 Å². The SMILES string of the molecule is CSCC(=O)C1=CCCCO1. The zero-order valence-corrected chi connectivity index (χ0v) is 7.45. The van der Waals surface area contributed by atoms with E-state index in [-0.39, 0.29) is 5.78 Å². The van der Waals surface area contributed by atoms with Crippen LogP contribution >= 0.6 is 11.8 Å². The molecule has 1 aliphatic heterocycles. The van der Waals surface area contributed by atoms with Crippen LogP contribution in [0.25, 0.3) is 0 Å². The fourth-order valence-electron chi connectivity index (χ4n) is 0.954. The summed E-state index contributed by atoms with van der Waals surface area (Å²) in [4.78, 5) is 11.2. The molecular weight excluding hydrogens is 160 g/mol. The molecule has 11 heavy (non-hydrogen) atoms. The highest BCUT2D eigenvalue weighted by Crippen LogP contribution is 2.12. The van der Waals surface area contributed by atoms with Crippen LogP contribution in [0.15, 0.2) is 11.8 Å². The summed E-state index contributed by atoms with van der Waals surface area (Å²) in [6, 6.07) is 0. The van der Waals surface area contributed by atoms with Crippen molar-refractivity contribution in [2.45, 2.75) is 12.8 Å². The Kier molecular flexibility index (Phi) is 3.49. The lowest BCUT2D eigenvalue weighted by Crippen LogP contribution is -2.12. The smallest absolute Gasteiger partial charge is 0.206 e. The fourth-order valence-corrected chi connectivity index (χ4v) is 1.36. The third-order valence-corrected chi connectivity index (χ3v) is 2.04. The van der Waals surface area contributed by atoms with E-state index in [2.05, 4.69) is 0 Å². The number of Topliss-reactive ketones (excluding diaryl/α,β-unsaturated/α-hetero) is 1. The molecule has 0 fully saturated rings. The number of allylic oxidation sites excluding steroid dienone is 2. The van der Waals surface area contributed by atoms with Gasteiger partial charge in [0.1, 0.15) is 0 Å². The fraction of sp³-hybridized carbons (Fsp3) is 0.625. The quantitative estimate of drug-likeness (QED) is 0.647. The molecule has 0 saturated carbocycles. The summed E-state index contributed by atoms with van der Waals surface area (Å²) in [5.74, 6) is 1.23. The molecule has 0 saturated heterocycles. The molecule has 1 aliphatic rings. The Morgan fingerprint density at radius 3 is 3.18 bits per heavy atom. The molecule has 0 atom stereocenters. The molecule has 0 bridgehead atoms. The summed E-state index contributed by atoms with van der Waals surface area (Å²) in [5, 5.41) is 0. The van der Waals surface area contributed by atoms with Crippen LogP contribution in [0.3, 0.4) is 0 Å². The second-order valence-corrected chi connectivity index (χ2v) is 3.28. The van der Waals surface area contributed by atoms with Crippen LogP contribution in [-0.4, -0.2) is 24.4 Å². The van der Waals surface area contributed by atoms with Crippen molar-refractivity contribution in [1.29, 1.82) is 0 Å². The van der Waals surface area contributed by atoms with Crippen LogP contribution in [0, 0.1) is 0 Å². The van der Waals surface area contributed by atoms with Gasteiger partial charge in [0.05, 0.1) is 12.4 Å². The van der Waals surface area contributed by atoms with Gasteiger partial charge in [-0.2, -0.15) is 11.8 Å². The van der Waals surface area contributed by atoms with Crippen molar-refractivity contribution in [2.24, 2.45) is 0 Å². The first-order valence-corrected chi connectivity index (χ1v) is 5.09. The first-order valence-electron chi connectivity index (χ1n) is 3.69. The molecule has 0 aliphatic carbocycles. The molecule has 0 amide bonds. The Bertz CT molecular complexity index is 175. The minimum absolute atomic E-state index is 0.122. The van der Waals surface area contributed by atoms with Gasteiger partial charge in [-0.1, -0.05) is 0 Å². The van der Waals surface area contributed by atoms with Crippen LogP contribution in [0.5, 0.6) is 0 Å². The molecular formula is C8H12O2S. The van der Waals surface area contributed by atoms with Crippen LogP contribution in [-0.2, 0) is 9.53 Å². The molecule has 3 heteroatoms. The van der Waals surface area contributed by atoms with Gasteiger partial charge in [-0.3, -0.25) is 4.79 Å². The highest BCUT2D eigenvalue weighted by Gasteiger charge is 2.12. The lowest BCUT2D eigenvalue weighted by atomic mass is 10.2. The monoisotopic (exact) mass is 172 g/mol. The molecule has 0 aromatic carbocycles. The molecule has 0 spiro atoms. The number of ketones is 1. The number of ether oxygens (including phenoxy) is 1. The number of rotatable bonds is 3. The Morgan fingerprint density at radius 1 is 1.82 bits per heavy atom. The molecule has 0 N–H and O–H groups in total. The zero-order valence-electron chi connectivity index (χ0n) is 6.63. The van der Waals surface area contributed by atoms with Gasteiger partial charge in [0.25, 0.3) is 0 Å². The molecule has 0 aromatic heterocycles. The van der Waals surface area contributed by atoms with Crippen molar-refractivity contribution in [3.05, 3.63) is 11.8 Å². The van der Waals surface area contributed by atoms with Crippen molar-refractivity contribution in [2.75, 3.05) is 18.6 Å². The third kappa shape index (κ3) is 2.58. The average Bonchev–Trinajstić information content (AvgIpc) is 2.07. The summed E-state index contributed by atoms with van der Waals surface area (Å²) < 4.78 is 5.19. The normalized spacial score (nSPS) is 17.0. The molecule has 0 unspecified atom stereocenters. The molecule has 0 radical (unpaired) electrons. The van der Waals surface area contributed by atoms with Crippen molar-refractivity contribution in [3.63, 3.8) is 0 Å². The lowest BCUT2D eigenvalue weighted by Gasteiger charge is -2.12. The average molecular weight is 172 g/mol. The van der Waals surface area contributed by atoms with Gasteiger partial charge < -0.3 is 4.74 Å². The predicted molar refractivity (Wildman–Crippen MR) is 46.7 cm³/mol. The lowest BCUT2D eigenvalue weighted by molar-refractivity contribution is -0.116. The molecule has 62 valence electrons. The standard InChI is InChI=1S/C8H12O2S/c1-11-6-7(9)8-4-2-3-5-10-8/h4H,2-3,5-6H2,1H3. The molecule has 1 heterocycles. The number of thioether (sulfide) groups is 1. The number of hydrogen-bond acceptors (Lipinski definition) is 3. The van der Waals surface area contributed by atoms with E-state index in [0.717, 1.165) is 12.8 Å². The van der Waals surface area contributed by atoms with E-state index < -0.39 is 0 Å². The van der Waals surface area contributed by atoms with E-state index in [1.165, 1.54) is 11.8 Å². The summed E-state index contributed by atoms with van der Waals surface area (Å²) in [6.45, 7) is 0.700. The maximum atomic E-state index is 11.2. The van der Waals surface area contributed by atoms with Gasteiger partial charge in [0.2, 0.25) is 5.78 Å². The van der Waals surface area contributed by atoms with Crippen molar-refractivity contribution in [1.82, 2.24) is 0 Å². The maximum absolute atomic E-state index is 11.2. The molecule has 0 aromatic rings. The first-order chi connectivity index (χ1) is 5.34. The van der Waals surface area contributed by atoms with Crippen molar-refractivity contribution < 1.29 is 9.53 Å². The van der Waals surface area contributed by atoms with E-state index >= 15 is 0 Å². The van der Waals surface area contributed by atoms with Crippen LogP contribution in [0.4, 0.5) is 0 Å². The van der Waals surface area contributed by atoms with Gasteiger partial charge in [0.15, 0.2) is 5.76 Å². The van der Waals surface area contributed by atoms with Gasteiger partial charge in [-0.05, 0) is 25.2 Å². The molecule has 1 rings (SSSR count). The largest absolute Gasteiger partial charge is 0.490 e. The van der Waals surface area contributed by atoms with Crippen molar-refractivity contribution >= 4 is 17.5 Å².